The SMILES string of the molecule is CC1(C)CN(C(=O)CN2C(=O)NC3(CCc4ccccc43)C2=O)CCC1N. The van der Waals surface area contributed by atoms with Crippen molar-refractivity contribution in [2.24, 2.45) is 11.1 Å². The van der Waals surface area contributed by atoms with E-state index >= 15 is 0 Å². The van der Waals surface area contributed by atoms with Gasteiger partial charge in [0.15, 0.2) is 0 Å². The van der Waals surface area contributed by atoms with Crippen LogP contribution in [0.2, 0.25) is 0 Å². The average molecular weight is 370 g/mol. The van der Waals surface area contributed by atoms with E-state index in [9.17, 15) is 14.4 Å². The molecule has 1 spiro atoms. The third-order valence-electron chi connectivity index (χ3n) is 6.38. The summed E-state index contributed by atoms with van der Waals surface area (Å²) in [5, 5.41) is 2.86. The van der Waals surface area contributed by atoms with Gasteiger partial charge in [0, 0.05) is 19.1 Å². The molecule has 7 heteroatoms. The van der Waals surface area contributed by atoms with Crippen LogP contribution in [-0.2, 0) is 21.5 Å². The zero-order chi connectivity index (χ0) is 19.4. The Morgan fingerprint density at radius 2 is 2.04 bits per heavy atom. The monoisotopic (exact) mass is 370 g/mol. The molecule has 4 amide bonds. The number of urea groups is 1. The van der Waals surface area contributed by atoms with Gasteiger partial charge in [-0.3, -0.25) is 14.5 Å². The number of fused-ring (bicyclic) bond motifs is 2. The molecule has 0 aromatic heterocycles. The molecule has 0 radical (unpaired) electrons. The van der Waals surface area contributed by atoms with Gasteiger partial charge < -0.3 is 16.0 Å². The lowest BCUT2D eigenvalue weighted by atomic mass is 9.79. The second kappa shape index (κ2) is 6.05. The molecule has 2 unspecified atom stereocenters. The summed E-state index contributed by atoms with van der Waals surface area (Å²) < 4.78 is 0. The molecule has 1 aliphatic carbocycles. The largest absolute Gasteiger partial charge is 0.340 e. The fourth-order valence-electron chi connectivity index (χ4n) is 4.56. The van der Waals surface area contributed by atoms with Crippen molar-refractivity contribution in [3.8, 4) is 0 Å². The predicted molar refractivity (Wildman–Crippen MR) is 99.6 cm³/mol. The van der Waals surface area contributed by atoms with Crippen molar-refractivity contribution >= 4 is 17.8 Å². The number of piperidine rings is 1. The van der Waals surface area contributed by atoms with E-state index in [1.165, 1.54) is 0 Å². The minimum atomic E-state index is -1.02. The summed E-state index contributed by atoms with van der Waals surface area (Å²) in [6.07, 6.45) is 1.99. The van der Waals surface area contributed by atoms with E-state index in [0.29, 0.717) is 19.5 Å². The van der Waals surface area contributed by atoms with Crippen molar-refractivity contribution in [1.82, 2.24) is 15.1 Å². The van der Waals surface area contributed by atoms with Crippen LogP contribution in [0.25, 0.3) is 0 Å². The maximum atomic E-state index is 13.2. The first-order valence-electron chi connectivity index (χ1n) is 9.50. The Hall–Kier alpha value is -2.41. The molecule has 7 nitrogen and oxygen atoms in total. The molecular formula is C20H26N4O3. The van der Waals surface area contributed by atoms with Gasteiger partial charge in [-0.25, -0.2) is 4.79 Å². The van der Waals surface area contributed by atoms with Crippen molar-refractivity contribution < 1.29 is 14.4 Å². The number of hydrogen-bond acceptors (Lipinski definition) is 4. The minimum Gasteiger partial charge on any atom is -0.340 e. The van der Waals surface area contributed by atoms with Gasteiger partial charge in [0.25, 0.3) is 5.91 Å². The molecule has 1 aromatic carbocycles. The Bertz CT molecular complexity index is 821. The molecule has 0 saturated carbocycles. The summed E-state index contributed by atoms with van der Waals surface area (Å²) in [5.74, 6) is -0.527. The van der Waals surface area contributed by atoms with E-state index in [4.69, 9.17) is 5.73 Å². The normalized spacial score (nSPS) is 29.2. The number of carbonyl (C=O) groups excluding carboxylic acids is 3. The number of imide groups is 1. The van der Waals surface area contributed by atoms with E-state index in [1.807, 2.05) is 38.1 Å². The number of carbonyl (C=O) groups is 3. The van der Waals surface area contributed by atoms with Crippen LogP contribution < -0.4 is 11.1 Å². The Morgan fingerprint density at radius 3 is 2.78 bits per heavy atom. The highest BCUT2D eigenvalue weighted by Gasteiger charge is 2.55. The summed E-state index contributed by atoms with van der Waals surface area (Å²) in [4.78, 5) is 41.3. The molecule has 2 fully saturated rings. The zero-order valence-electron chi connectivity index (χ0n) is 15.8. The number of nitrogens with one attached hydrogen (secondary N) is 1. The second-order valence-electron chi connectivity index (χ2n) is 8.58. The van der Waals surface area contributed by atoms with Crippen molar-refractivity contribution in [1.29, 1.82) is 0 Å². The van der Waals surface area contributed by atoms with Crippen LogP contribution in [-0.4, -0.2) is 53.3 Å². The molecule has 0 bridgehead atoms. The van der Waals surface area contributed by atoms with Crippen LogP contribution >= 0.6 is 0 Å². The summed E-state index contributed by atoms with van der Waals surface area (Å²) in [6.45, 7) is 4.94. The number of aryl methyl sites for hydroxylation is 1. The van der Waals surface area contributed by atoms with Crippen LogP contribution in [0.5, 0.6) is 0 Å². The van der Waals surface area contributed by atoms with Gasteiger partial charge in [0.05, 0.1) is 0 Å². The lowest BCUT2D eigenvalue weighted by molar-refractivity contribution is -0.141. The number of nitrogens with zero attached hydrogens (tertiary/aromatic N) is 2. The highest BCUT2D eigenvalue weighted by atomic mass is 16.2. The fourth-order valence-corrected chi connectivity index (χ4v) is 4.56. The first kappa shape index (κ1) is 18.0. The van der Waals surface area contributed by atoms with Gasteiger partial charge in [-0.15, -0.1) is 0 Å². The van der Waals surface area contributed by atoms with Gasteiger partial charge in [-0.05, 0) is 35.8 Å². The third kappa shape index (κ3) is 2.72. The van der Waals surface area contributed by atoms with Crippen molar-refractivity contribution in [2.75, 3.05) is 19.6 Å². The summed E-state index contributed by atoms with van der Waals surface area (Å²) in [6, 6.07) is 7.23. The molecule has 2 atom stereocenters. The highest BCUT2D eigenvalue weighted by molar-refractivity contribution is 6.09. The topological polar surface area (TPSA) is 95.7 Å². The van der Waals surface area contributed by atoms with Gasteiger partial charge in [0.2, 0.25) is 5.91 Å². The Morgan fingerprint density at radius 1 is 1.30 bits per heavy atom. The maximum Gasteiger partial charge on any atom is 0.325 e. The number of hydrogen-bond donors (Lipinski definition) is 2. The molecular weight excluding hydrogens is 344 g/mol. The Balaban J connectivity index is 1.52. The molecule has 3 aliphatic rings. The van der Waals surface area contributed by atoms with Crippen molar-refractivity contribution in [3.63, 3.8) is 0 Å². The lowest BCUT2D eigenvalue weighted by Gasteiger charge is -2.42. The molecule has 144 valence electrons. The van der Waals surface area contributed by atoms with Crippen molar-refractivity contribution in [3.05, 3.63) is 35.4 Å². The molecule has 3 N–H and O–H groups in total. The predicted octanol–water partition coefficient (Wildman–Crippen LogP) is 0.966. The van der Waals surface area contributed by atoms with E-state index in [0.717, 1.165) is 28.9 Å². The summed E-state index contributed by atoms with van der Waals surface area (Å²) >= 11 is 0. The van der Waals surface area contributed by atoms with Gasteiger partial charge >= 0.3 is 6.03 Å². The van der Waals surface area contributed by atoms with Crippen LogP contribution in [0.1, 0.15) is 37.8 Å². The third-order valence-corrected chi connectivity index (χ3v) is 6.38. The van der Waals surface area contributed by atoms with Crippen molar-refractivity contribution in [2.45, 2.75) is 44.7 Å². The quantitative estimate of drug-likeness (QED) is 0.758. The molecule has 27 heavy (non-hydrogen) atoms. The first-order chi connectivity index (χ1) is 12.7. The smallest absolute Gasteiger partial charge is 0.325 e. The van der Waals surface area contributed by atoms with E-state index in [1.54, 1.807) is 4.90 Å². The van der Waals surface area contributed by atoms with E-state index in [-0.39, 0.29) is 29.8 Å². The number of amides is 4. The lowest BCUT2D eigenvalue weighted by Crippen LogP contribution is -2.56. The number of likely N-dealkylation sites (tertiary alicyclic amines) is 1. The van der Waals surface area contributed by atoms with Crippen LogP contribution in [0.15, 0.2) is 24.3 Å². The van der Waals surface area contributed by atoms with E-state index < -0.39 is 11.6 Å². The molecule has 2 heterocycles. The highest BCUT2D eigenvalue weighted by Crippen LogP contribution is 2.41. The standard InChI is InChI=1S/C20H26N4O3/c1-19(2)12-23(10-8-15(19)21)16(25)11-24-17(26)20(22-18(24)27)9-7-13-5-3-4-6-14(13)20/h3-6,15H,7-12,21H2,1-2H3,(H,22,27). The van der Waals surface area contributed by atoms with Gasteiger partial charge in [0.1, 0.15) is 12.1 Å². The molecule has 4 rings (SSSR count). The van der Waals surface area contributed by atoms with Crippen LogP contribution in [0.3, 0.4) is 0 Å². The van der Waals surface area contributed by atoms with Crippen LogP contribution in [0.4, 0.5) is 4.79 Å². The van der Waals surface area contributed by atoms with Gasteiger partial charge in [-0.2, -0.15) is 0 Å². The number of rotatable bonds is 2. The number of nitrogens with two attached hydrogens (primary N) is 1. The molecule has 1 aromatic rings. The maximum absolute atomic E-state index is 13.2. The number of benzene rings is 1. The molecule has 2 saturated heterocycles. The van der Waals surface area contributed by atoms with Crippen LogP contribution in [0, 0.1) is 5.41 Å². The van der Waals surface area contributed by atoms with Gasteiger partial charge in [-0.1, -0.05) is 38.1 Å². The Kier molecular flexibility index (Phi) is 4.03. The minimum absolute atomic E-state index is 0.0385. The zero-order valence-corrected chi connectivity index (χ0v) is 15.8. The first-order valence-corrected chi connectivity index (χ1v) is 9.50. The van der Waals surface area contributed by atoms with E-state index in [2.05, 4.69) is 5.32 Å². The molecule has 2 aliphatic heterocycles. The Labute approximate surface area is 158 Å². The summed E-state index contributed by atoms with van der Waals surface area (Å²) in [5.41, 5.74) is 6.87. The fraction of sp³-hybridized carbons (Fsp3) is 0.550. The average Bonchev–Trinajstić information content (AvgIpc) is 3.11. The summed E-state index contributed by atoms with van der Waals surface area (Å²) in [7, 11) is 0. The second-order valence-corrected chi connectivity index (χ2v) is 8.58.